The molecular weight excluding hydrogens is 476 g/mol. The van der Waals surface area contributed by atoms with E-state index in [4.69, 9.17) is 14.0 Å². The number of ether oxygens (including phenoxy) is 3. The predicted octanol–water partition coefficient (Wildman–Crippen LogP) is -2.25. The van der Waals surface area contributed by atoms with Crippen LogP contribution in [0.4, 0.5) is 13.2 Å². The molecule has 0 spiro atoms. The average molecular weight is 502 g/mol. The van der Waals surface area contributed by atoms with E-state index in [0.717, 1.165) is 5.56 Å². The summed E-state index contributed by atoms with van der Waals surface area (Å²) in [5.41, 5.74) is 1.76. The molecule has 1 aromatic carbocycles. The molecule has 34 heavy (non-hydrogen) atoms. The van der Waals surface area contributed by atoms with E-state index >= 15 is 0 Å². The van der Waals surface area contributed by atoms with Crippen LogP contribution in [0.25, 0.3) is 0 Å². The summed E-state index contributed by atoms with van der Waals surface area (Å²) in [7, 11) is 1.99. The van der Waals surface area contributed by atoms with E-state index in [-0.39, 0.29) is 30.2 Å². The van der Waals surface area contributed by atoms with Crippen molar-refractivity contribution in [2.45, 2.75) is 43.7 Å². The Morgan fingerprint density at radius 2 is 1.41 bits per heavy atom. The monoisotopic (exact) mass is 502 g/mol. The van der Waals surface area contributed by atoms with Gasteiger partial charge in [0.1, 0.15) is 49.8 Å². The maximum absolute atomic E-state index is 13.4. The number of benzene rings is 1. The molecule has 0 aromatic heterocycles. The molecule has 2 unspecified atom stereocenters. The first-order valence-electron chi connectivity index (χ1n) is 11.0. The second kappa shape index (κ2) is 11.2. The van der Waals surface area contributed by atoms with Gasteiger partial charge in [-0.05, 0) is 22.3 Å². The first-order chi connectivity index (χ1) is 15.8. The van der Waals surface area contributed by atoms with Crippen LogP contribution >= 0.6 is 0 Å². The third kappa shape index (κ3) is 6.82. The Kier molecular flexibility index (Phi) is 9.34. The summed E-state index contributed by atoms with van der Waals surface area (Å²) >= 11 is 0. The van der Waals surface area contributed by atoms with Gasteiger partial charge in [0.2, 0.25) is 6.10 Å². The second-order valence-corrected chi connectivity index (χ2v) is 9.31. The van der Waals surface area contributed by atoms with Gasteiger partial charge in [-0.2, -0.15) is 21.6 Å². The number of halogens is 3. The Labute approximate surface area is 199 Å². The maximum atomic E-state index is 13.4. The lowest BCUT2D eigenvalue weighted by Gasteiger charge is -2.26. The lowest BCUT2D eigenvalue weighted by Crippen LogP contribution is -2.40. The highest BCUT2D eigenvalue weighted by molar-refractivity contribution is 7.85. The number of carbonyl (C=O) groups excluding carboxylic acids is 2. The van der Waals surface area contributed by atoms with Gasteiger partial charge in [0, 0.05) is 0 Å². The zero-order valence-electron chi connectivity index (χ0n) is 19.5. The van der Waals surface area contributed by atoms with Gasteiger partial charge in [0.15, 0.2) is 0 Å². The van der Waals surface area contributed by atoms with Gasteiger partial charge < -0.3 is 14.2 Å². The normalized spacial score (nSPS) is 16.6. The van der Waals surface area contributed by atoms with Crippen molar-refractivity contribution in [3.8, 4) is 0 Å². The number of hydrogen-bond acceptors (Lipinski definition) is 7. The minimum Gasteiger partial charge on any atom is -0.459 e. The summed E-state index contributed by atoms with van der Waals surface area (Å²) < 4.78 is 86.4. The lowest BCUT2D eigenvalue weighted by molar-refractivity contribution is -0.197. The molecule has 0 aliphatic carbocycles. The third-order valence-electron chi connectivity index (χ3n) is 5.55. The Morgan fingerprint density at radius 3 is 1.76 bits per heavy atom. The maximum Gasteiger partial charge on any atom is 0.426 e. The molecule has 184 valence electrons. The van der Waals surface area contributed by atoms with Crippen LogP contribution in [0.3, 0.4) is 0 Å². The van der Waals surface area contributed by atoms with Gasteiger partial charge in [0.25, 0.3) is 10.1 Å². The van der Waals surface area contributed by atoms with E-state index in [1.807, 2.05) is 15.7 Å². The first-order valence-corrected chi connectivity index (χ1v) is 12.6. The molecule has 1 aromatic rings. The van der Waals surface area contributed by atoms with E-state index in [1.54, 1.807) is 15.7 Å². The van der Waals surface area contributed by atoms with E-state index in [9.17, 15) is 31.2 Å². The SMILES string of the molecule is BCc1c(CB)c(CB)c(C(=O)OC(CS(=O)(=O)O)C(F)(F)F)c(C(=O)OCC2CO2)c1CB. The number of esters is 2. The molecule has 1 heterocycles. The lowest BCUT2D eigenvalue weighted by atomic mass is 9.72. The first kappa shape index (κ1) is 28.3. The van der Waals surface area contributed by atoms with Crippen molar-refractivity contribution in [3.05, 3.63) is 33.4 Å². The second-order valence-electron chi connectivity index (χ2n) is 7.82. The minimum atomic E-state index is -5.27. The van der Waals surface area contributed by atoms with Gasteiger partial charge in [0.05, 0.1) is 17.7 Å². The molecule has 0 saturated carbocycles. The topological polar surface area (TPSA) is 120 Å². The average Bonchev–Trinajstić information content (AvgIpc) is 3.57. The molecular formula is C18H25B4F3O8S. The van der Waals surface area contributed by atoms with Gasteiger partial charge >= 0.3 is 18.1 Å². The van der Waals surface area contributed by atoms with Gasteiger partial charge in [-0.1, -0.05) is 25.3 Å². The van der Waals surface area contributed by atoms with Gasteiger partial charge in [-0.25, -0.2) is 9.59 Å². The molecule has 1 saturated heterocycles. The van der Waals surface area contributed by atoms with Crippen LogP contribution in [0.5, 0.6) is 0 Å². The fraction of sp³-hybridized carbons (Fsp3) is 0.556. The molecule has 0 bridgehead atoms. The quantitative estimate of drug-likeness (QED) is 0.156. The summed E-state index contributed by atoms with van der Waals surface area (Å²) in [6.45, 7) is 0.323. The fourth-order valence-corrected chi connectivity index (χ4v) is 4.67. The van der Waals surface area contributed by atoms with Crippen LogP contribution in [0.2, 0.25) is 0 Å². The Morgan fingerprint density at radius 1 is 0.971 bits per heavy atom. The fourth-order valence-electron chi connectivity index (χ4n) is 4.03. The van der Waals surface area contributed by atoms with E-state index in [0.29, 0.717) is 42.3 Å². The highest BCUT2D eigenvalue weighted by Gasteiger charge is 2.46. The van der Waals surface area contributed by atoms with Crippen molar-refractivity contribution in [1.82, 2.24) is 0 Å². The third-order valence-corrected chi connectivity index (χ3v) is 6.27. The number of alkyl halides is 3. The smallest absolute Gasteiger partial charge is 0.426 e. The summed E-state index contributed by atoms with van der Waals surface area (Å²) in [6, 6.07) is 0. The molecule has 1 N–H and O–H groups in total. The number of rotatable bonds is 11. The van der Waals surface area contributed by atoms with Crippen LogP contribution in [-0.4, -0.2) is 93.6 Å². The van der Waals surface area contributed by atoms with Crippen molar-refractivity contribution >= 4 is 53.4 Å². The highest BCUT2D eigenvalue weighted by Crippen LogP contribution is 2.33. The molecule has 8 nitrogen and oxygen atoms in total. The van der Waals surface area contributed by atoms with E-state index in [2.05, 4.69) is 4.74 Å². The number of carbonyl (C=O) groups is 2. The Hall–Kier alpha value is -1.92. The number of hydrogen-bond donors (Lipinski definition) is 1. The molecule has 2 atom stereocenters. The van der Waals surface area contributed by atoms with Gasteiger partial charge in [-0.3, -0.25) is 4.55 Å². The van der Waals surface area contributed by atoms with E-state index in [1.165, 1.54) is 0 Å². The van der Waals surface area contributed by atoms with Crippen LogP contribution in [0.1, 0.15) is 43.0 Å². The van der Waals surface area contributed by atoms with E-state index < -0.39 is 40.1 Å². The van der Waals surface area contributed by atoms with Crippen LogP contribution < -0.4 is 0 Å². The summed E-state index contributed by atoms with van der Waals surface area (Å²) in [6.07, 6.45) is -7.23. The van der Waals surface area contributed by atoms with Crippen molar-refractivity contribution in [3.63, 3.8) is 0 Å². The Balaban J connectivity index is 2.70. The molecule has 0 radical (unpaired) electrons. The molecule has 2 rings (SSSR count). The molecule has 1 aliphatic rings. The number of epoxide rings is 1. The molecule has 0 amide bonds. The zero-order valence-corrected chi connectivity index (χ0v) is 20.3. The van der Waals surface area contributed by atoms with Crippen molar-refractivity contribution in [2.24, 2.45) is 0 Å². The predicted molar refractivity (Wildman–Crippen MR) is 127 cm³/mol. The zero-order chi connectivity index (χ0) is 25.8. The van der Waals surface area contributed by atoms with Crippen LogP contribution in [-0.2, 0) is 49.6 Å². The van der Waals surface area contributed by atoms with Crippen molar-refractivity contribution in [2.75, 3.05) is 19.0 Å². The molecule has 16 heteroatoms. The molecule has 1 fully saturated rings. The summed E-state index contributed by atoms with van der Waals surface area (Å²) in [5.74, 6) is -4.27. The summed E-state index contributed by atoms with van der Waals surface area (Å²) in [4.78, 5) is 26.2. The molecule has 1 aliphatic heterocycles. The Bertz CT molecular complexity index is 1040. The summed E-state index contributed by atoms with van der Waals surface area (Å²) in [5, 5.41) is 0. The van der Waals surface area contributed by atoms with Crippen molar-refractivity contribution < 1.29 is 49.9 Å². The van der Waals surface area contributed by atoms with Gasteiger partial charge in [-0.15, -0.1) is 0 Å². The highest BCUT2D eigenvalue weighted by atomic mass is 32.2. The largest absolute Gasteiger partial charge is 0.459 e. The standard InChI is InChI=1S/C18H25B4F3O8S/c19-1-9-10(2-20)12(4-22)15(14(11(9)3-21)16(26)32-6-8-5-31-8)17(27)33-13(18(23,24)25)7-34(28,29)30/h8,13H,1-7,19-22H2,(H,28,29,30). The van der Waals surface area contributed by atoms with Crippen molar-refractivity contribution in [1.29, 1.82) is 0 Å². The van der Waals surface area contributed by atoms with Crippen LogP contribution in [0, 0.1) is 0 Å². The minimum absolute atomic E-state index is 0.0805. The van der Waals surface area contributed by atoms with Crippen LogP contribution in [0.15, 0.2) is 0 Å².